The summed E-state index contributed by atoms with van der Waals surface area (Å²) in [6.07, 6.45) is 0.859. The van der Waals surface area contributed by atoms with Gasteiger partial charge in [-0.15, -0.1) is 28.8 Å². The number of thiophene rings is 1. The van der Waals surface area contributed by atoms with Crippen molar-refractivity contribution in [2.24, 2.45) is 11.1 Å². The minimum atomic E-state index is -0.369. The van der Waals surface area contributed by atoms with Crippen molar-refractivity contribution in [1.82, 2.24) is 19.7 Å². The van der Waals surface area contributed by atoms with E-state index in [0.29, 0.717) is 31.1 Å². The summed E-state index contributed by atoms with van der Waals surface area (Å²) in [6.45, 7) is 3.83. The Morgan fingerprint density at radius 1 is 1.36 bits per heavy atom. The van der Waals surface area contributed by atoms with Crippen LogP contribution in [0, 0.1) is 11.2 Å². The molecule has 6 nitrogen and oxygen atoms in total. The molecule has 1 aliphatic heterocycles. The molecule has 0 aliphatic carbocycles. The first-order chi connectivity index (χ1) is 13.0. The van der Waals surface area contributed by atoms with Gasteiger partial charge in [0.25, 0.3) is 5.91 Å². The first-order valence-electron chi connectivity index (χ1n) is 8.75. The van der Waals surface area contributed by atoms with Crippen molar-refractivity contribution < 1.29 is 9.18 Å². The van der Waals surface area contributed by atoms with E-state index in [2.05, 4.69) is 17.0 Å². The molecule has 1 fully saturated rings. The molecule has 28 heavy (non-hydrogen) atoms. The third-order valence-electron chi connectivity index (χ3n) is 4.93. The second-order valence-electron chi connectivity index (χ2n) is 7.12. The highest BCUT2D eigenvalue weighted by Crippen LogP contribution is 2.30. The lowest BCUT2D eigenvalue weighted by Gasteiger charge is -2.21. The van der Waals surface area contributed by atoms with E-state index >= 15 is 0 Å². The van der Waals surface area contributed by atoms with Crippen LogP contribution in [0.15, 0.2) is 41.8 Å². The van der Waals surface area contributed by atoms with Crippen LogP contribution in [-0.4, -0.2) is 45.2 Å². The van der Waals surface area contributed by atoms with Crippen LogP contribution in [-0.2, 0) is 0 Å². The van der Waals surface area contributed by atoms with E-state index in [1.807, 2.05) is 17.5 Å². The van der Waals surface area contributed by atoms with Crippen molar-refractivity contribution >= 4 is 29.7 Å². The maximum atomic E-state index is 13.7. The lowest BCUT2D eigenvalue weighted by atomic mass is 9.90. The van der Waals surface area contributed by atoms with E-state index < -0.39 is 0 Å². The molecular formula is C19H21ClFN5OS. The van der Waals surface area contributed by atoms with Gasteiger partial charge < -0.3 is 10.6 Å². The number of nitrogens with two attached hydrogens (primary N) is 1. The minimum Gasteiger partial charge on any atom is -0.335 e. The summed E-state index contributed by atoms with van der Waals surface area (Å²) in [7, 11) is 0. The Bertz CT molecular complexity index is 977. The van der Waals surface area contributed by atoms with Gasteiger partial charge >= 0.3 is 0 Å². The van der Waals surface area contributed by atoms with Crippen molar-refractivity contribution in [3.63, 3.8) is 0 Å². The summed E-state index contributed by atoms with van der Waals surface area (Å²) >= 11 is 1.49. The molecule has 0 radical (unpaired) electrons. The van der Waals surface area contributed by atoms with E-state index in [-0.39, 0.29) is 35.4 Å². The van der Waals surface area contributed by atoms with Gasteiger partial charge in [0.2, 0.25) is 5.82 Å². The van der Waals surface area contributed by atoms with Crippen molar-refractivity contribution in [3.8, 4) is 16.4 Å². The predicted octanol–water partition coefficient (Wildman–Crippen LogP) is 3.37. The number of likely N-dealkylation sites (tertiary alicyclic amines) is 1. The van der Waals surface area contributed by atoms with E-state index in [1.54, 1.807) is 17.0 Å². The van der Waals surface area contributed by atoms with Gasteiger partial charge in [0.05, 0.1) is 10.6 Å². The summed E-state index contributed by atoms with van der Waals surface area (Å²) in [5, 5.41) is 6.34. The second kappa shape index (κ2) is 7.98. The summed E-state index contributed by atoms with van der Waals surface area (Å²) in [6, 6.07) is 9.90. The molecule has 148 valence electrons. The standard InChI is InChI=1S/C19H20FN5OS.ClH/c1-19(11-21)7-8-24(12-19)18(26)16-22-17(15-6-3-9-27-15)25(23-16)14-5-2-4-13(20)10-14;/h2-6,9-10H,7-8,11-12,21H2,1H3;1H. The fourth-order valence-electron chi connectivity index (χ4n) is 3.26. The van der Waals surface area contributed by atoms with Crippen LogP contribution in [0.1, 0.15) is 24.0 Å². The largest absolute Gasteiger partial charge is 0.335 e. The van der Waals surface area contributed by atoms with Crippen LogP contribution in [0.3, 0.4) is 0 Å². The Hall–Kier alpha value is -2.29. The number of hydrogen-bond donors (Lipinski definition) is 1. The second-order valence-corrected chi connectivity index (χ2v) is 8.07. The third-order valence-corrected chi connectivity index (χ3v) is 5.80. The van der Waals surface area contributed by atoms with Crippen LogP contribution in [0.2, 0.25) is 0 Å². The molecule has 0 spiro atoms. The highest BCUT2D eigenvalue weighted by molar-refractivity contribution is 7.13. The van der Waals surface area contributed by atoms with Crippen molar-refractivity contribution in [3.05, 3.63) is 53.4 Å². The molecule has 9 heteroatoms. The zero-order chi connectivity index (χ0) is 19.0. The van der Waals surface area contributed by atoms with Gasteiger partial charge in [0.15, 0.2) is 5.82 Å². The van der Waals surface area contributed by atoms with Gasteiger partial charge in [0.1, 0.15) is 5.82 Å². The maximum Gasteiger partial charge on any atom is 0.293 e. The Kier molecular flexibility index (Phi) is 5.83. The molecule has 2 aromatic heterocycles. The highest BCUT2D eigenvalue weighted by Gasteiger charge is 2.36. The third kappa shape index (κ3) is 3.80. The van der Waals surface area contributed by atoms with Crippen LogP contribution < -0.4 is 5.73 Å². The molecule has 0 bridgehead atoms. The van der Waals surface area contributed by atoms with Crippen molar-refractivity contribution in [1.29, 1.82) is 0 Å². The van der Waals surface area contributed by atoms with E-state index in [9.17, 15) is 9.18 Å². The Balaban J connectivity index is 0.00000225. The van der Waals surface area contributed by atoms with Gasteiger partial charge in [-0.2, -0.15) is 0 Å². The zero-order valence-electron chi connectivity index (χ0n) is 15.3. The Morgan fingerprint density at radius 2 is 2.18 bits per heavy atom. The molecule has 1 aromatic carbocycles. The van der Waals surface area contributed by atoms with Gasteiger partial charge in [-0.05, 0) is 48.0 Å². The molecule has 0 saturated carbocycles. The summed E-state index contributed by atoms with van der Waals surface area (Å²) in [5.74, 6) is 0.0510. The SMILES string of the molecule is CC1(CN)CCN(C(=O)c2nc(-c3cccs3)n(-c3cccc(F)c3)n2)C1.Cl. The van der Waals surface area contributed by atoms with Crippen molar-refractivity contribution in [2.75, 3.05) is 19.6 Å². The zero-order valence-corrected chi connectivity index (χ0v) is 17.0. The fourth-order valence-corrected chi connectivity index (χ4v) is 3.96. The number of amides is 1. The first kappa shape index (κ1) is 20.4. The monoisotopic (exact) mass is 421 g/mol. The van der Waals surface area contributed by atoms with Crippen LogP contribution >= 0.6 is 23.7 Å². The number of nitrogens with zero attached hydrogens (tertiary/aromatic N) is 4. The smallest absolute Gasteiger partial charge is 0.293 e. The molecule has 1 atom stereocenters. The predicted molar refractivity (Wildman–Crippen MR) is 110 cm³/mol. The molecular weight excluding hydrogens is 401 g/mol. The number of carbonyl (C=O) groups excluding carboxylic acids is 1. The number of rotatable bonds is 4. The number of benzene rings is 1. The first-order valence-corrected chi connectivity index (χ1v) is 9.63. The van der Waals surface area contributed by atoms with E-state index in [0.717, 1.165) is 11.3 Å². The number of aromatic nitrogens is 3. The highest BCUT2D eigenvalue weighted by atomic mass is 35.5. The topological polar surface area (TPSA) is 77.0 Å². The van der Waals surface area contributed by atoms with Gasteiger partial charge in [-0.25, -0.2) is 14.1 Å². The summed E-state index contributed by atoms with van der Waals surface area (Å²) < 4.78 is 15.2. The molecule has 2 N–H and O–H groups in total. The summed E-state index contributed by atoms with van der Waals surface area (Å²) in [5.41, 5.74) is 6.30. The molecule has 1 amide bonds. The maximum absolute atomic E-state index is 13.7. The van der Waals surface area contributed by atoms with Gasteiger partial charge in [-0.1, -0.05) is 19.1 Å². The summed E-state index contributed by atoms with van der Waals surface area (Å²) in [4.78, 5) is 20.1. The van der Waals surface area contributed by atoms with Gasteiger partial charge in [0, 0.05) is 13.1 Å². The van der Waals surface area contributed by atoms with Crippen molar-refractivity contribution in [2.45, 2.75) is 13.3 Å². The van der Waals surface area contributed by atoms with Crippen LogP contribution in [0.25, 0.3) is 16.4 Å². The minimum absolute atomic E-state index is 0. The lowest BCUT2D eigenvalue weighted by Crippen LogP contribution is -2.35. The number of halogens is 2. The quantitative estimate of drug-likeness (QED) is 0.700. The molecule has 1 unspecified atom stereocenters. The van der Waals surface area contributed by atoms with E-state index in [4.69, 9.17) is 5.73 Å². The molecule has 1 saturated heterocycles. The normalized spacial score (nSPS) is 18.9. The average molecular weight is 422 g/mol. The van der Waals surface area contributed by atoms with Crippen LogP contribution in [0.4, 0.5) is 4.39 Å². The molecule has 3 aromatic rings. The number of carbonyl (C=O) groups is 1. The molecule has 1 aliphatic rings. The Labute approximate surface area is 172 Å². The van der Waals surface area contributed by atoms with Crippen LogP contribution in [0.5, 0.6) is 0 Å². The Morgan fingerprint density at radius 3 is 2.82 bits per heavy atom. The fraction of sp³-hybridized carbons (Fsp3) is 0.316. The lowest BCUT2D eigenvalue weighted by molar-refractivity contribution is 0.0765. The van der Waals surface area contributed by atoms with E-state index in [1.165, 1.54) is 28.2 Å². The van der Waals surface area contributed by atoms with Gasteiger partial charge in [-0.3, -0.25) is 4.79 Å². The molecule has 3 heterocycles. The molecule has 4 rings (SSSR count). The number of hydrogen-bond acceptors (Lipinski definition) is 5. The average Bonchev–Trinajstić information content (AvgIpc) is 3.40.